The number of thiophene rings is 1. The van der Waals surface area contributed by atoms with Gasteiger partial charge >= 0.3 is 0 Å². The molecule has 3 aromatic rings. The van der Waals surface area contributed by atoms with Gasteiger partial charge in [0.25, 0.3) is 5.91 Å². The number of aryl methyl sites for hydroxylation is 1. The maximum Gasteiger partial charge on any atom is 0.280 e. The summed E-state index contributed by atoms with van der Waals surface area (Å²) < 4.78 is 0. The van der Waals surface area contributed by atoms with Gasteiger partial charge in [-0.05, 0) is 47.9 Å². The summed E-state index contributed by atoms with van der Waals surface area (Å²) >= 11 is 1.43. The van der Waals surface area contributed by atoms with Crippen molar-refractivity contribution in [1.29, 1.82) is 0 Å². The van der Waals surface area contributed by atoms with Crippen molar-refractivity contribution in [2.24, 2.45) is 0 Å². The Labute approximate surface area is 192 Å². The van der Waals surface area contributed by atoms with Gasteiger partial charge < -0.3 is 5.32 Å². The molecule has 0 radical (unpaired) electrons. The van der Waals surface area contributed by atoms with Crippen LogP contribution in [0, 0.1) is 0 Å². The van der Waals surface area contributed by atoms with Crippen LogP contribution in [0.3, 0.4) is 0 Å². The van der Waals surface area contributed by atoms with Crippen LogP contribution in [-0.2, 0) is 11.2 Å². The monoisotopic (exact) mass is 448 g/mol. The predicted molar refractivity (Wildman–Crippen MR) is 127 cm³/mol. The van der Waals surface area contributed by atoms with Crippen molar-refractivity contribution < 1.29 is 9.59 Å². The molecule has 0 bridgehead atoms. The molecule has 0 saturated heterocycles. The first-order chi connectivity index (χ1) is 15.7. The Morgan fingerprint density at radius 1 is 1.12 bits per heavy atom. The number of amides is 2. The molecule has 166 valence electrons. The number of rotatable bonds is 7. The molecule has 2 amide bonds. The zero-order valence-electron chi connectivity index (χ0n) is 18.2. The molecule has 2 aromatic heterocycles. The number of hydrogen-bond donors (Lipinski definition) is 1. The highest BCUT2D eigenvalue weighted by Crippen LogP contribution is 2.33. The van der Waals surface area contributed by atoms with E-state index in [0.717, 1.165) is 37.7 Å². The van der Waals surface area contributed by atoms with Crippen molar-refractivity contribution in [3.63, 3.8) is 0 Å². The lowest BCUT2D eigenvalue weighted by Gasteiger charge is -2.32. The van der Waals surface area contributed by atoms with Crippen molar-refractivity contribution in [2.75, 3.05) is 4.90 Å². The summed E-state index contributed by atoms with van der Waals surface area (Å²) in [6.07, 6.45) is 10.8. The Hall–Kier alpha value is -3.06. The van der Waals surface area contributed by atoms with Gasteiger partial charge in [-0.15, -0.1) is 11.3 Å². The van der Waals surface area contributed by atoms with Crippen LogP contribution in [-0.4, -0.2) is 27.8 Å². The SMILES string of the molecule is CCc1ccc([C@H](C(=O)NC2CCCCC2)N(C(=O)c2cnccn2)c2cccs2)cc1. The molecule has 1 N–H and O–H groups in total. The molecular weight excluding hydrogens is 420 g/mol. The standard InChI is InChI=1S/C25H28N4O2S/c1-2-18-10-12-19(13-11-18)23(24(30)28-20-7-4-3-5-8-20)29(22-9-6-16-32-22)25(31)21-17-26-14-15-27-21/h6,9-17,20,23H,2-5,7-8H2,1H3,(H,28,30)/t23-/m1/s1. The summed E-state index contributed by atoms with van der Waals surface area (Å²) in [5, 5.41) is 5.83. The Balaban J connectivity index is 1.75. The van der Waals surface area contributed by atoms with Crippen LogP contribution in [0.5, 0.6) is 0 Å². The number of carbonyl (C=O) groups is 2. The summed E-state index contributed by atoms with van der Waals surface area (Å²) in [5.74, 6) is -0.504. The zero-order valence-corrected chi connectivity index (χ0v) is 19.1. The van der Waals surface area contributed by atoms with E-state index in [-0.39, 0.29) is 23.6 Å². The van der Waals surface area contributed by atoms with Crippen LogP contribution in [0.25, 0.3) is 0 Å². The molecule has 1 aromatic carbocycles. The number of carbonyl (C=O) groups excluding carboxylic acids is 2. The molecule has 1 fully saturated rings. The highest BCUT2D eigenvalue weighted by molar-refractivity contribution is 7.14. The van der Waals surface area contributed by atoms with Gasteiger partial charge in [0, 0.05) is 18.4 Å². The second kappa shape index (κ2) is 10.5. The van der Waals surface area contributed by atoms with Crippen molar-refractivity contribution in [1.82, 2.24) is 15.3 Å². The third-order valence-corrected chi connectivity index (χ3v) is 6.77. The smallest absolute Gasteiger partial charge is 0.280 e. The second-order valence-electron chi connectivity index (χ2n) is 8.06. The lowest BCUT2D eigenvalue weighted by molar-refractivity contribution is -0.123. The molecule has 6 nitrogen and oxygen atoms in total. The number of hydrogen-bond acceptors (Lipinski definition) is 5. The molecule has 7 heteroatoms. The normalized spacial score (nSPS) is 15.2. The molecule has 1 aliphatic carbocycles. The lowest BCUT2D eigenvalue weighted by atomic mass is 9.94. The van der Waals surface area contributed by atoms with Crippen LogP contribution in [0.2, 0.25) is 0 Å². The van der Waals surface area contributed by atoms with Crippen LogP contribution >= 0.6 is 11.3 Å². The fourth-order valence-corrected chi connectivity index (χ4v) is 4.92. The zero-order chi connectivity index (χ0) is 22.3. The van der Waals surface area contributed by atoms with Gasteiger partial charge in [0.15, 0.2) is 0 Å². The first-order valence-electron chi connectivity index (χ1n) is 11.2. The average molecular weight is 449 g/mol. The maximum atomic E-state index is 13.7. The van der Waals surface area contributed by atoms with Crippen molar-refractivity contribution in [3.8, 4) is 0 Å². The maximum absolute atomic E-state index is 13.7. The fourth-order valence-electron chi connectivity index (χ4n) is 4.16. The van der Waals surface area contributed by atoms with Gasteiger partial charge in [0.2, 0.25) is 5.91 Å². The fraction of sp³-hybridized carbons (Fsp3) is 0.360. The highest BCUT2D eigenvalue weighted by atomic mass is 32.1. The largest absolute Gasteiger partial charge is 0.351 e. The van der Waals surface area contributed by atoms with Crippen molar-refractivity contribution in [2.45, 2.75) is 57.5 Å². The van der Waals surface area contributed by atoms with Crippen molar-refractivity contribution in [3.05, 3.63) is 77.2 Å². The first-order valence-corrected chi connectivity index (χ1v) is 12.1. The number of nitrogens with one attached hydrogen (secondary N) is 1. The predicted octanol–water partition coefficient (Wildman–Crippen LogP) is 4.94. The Kier molecular flexibility index (Phi) is 7.27. The van der Waals surface area contributed by atoms with Crippen LogP contribution in [0.15, 0.2) is 60.4 Å². The van der Waals surface area contributed by atoms with Gasteiger partial charge in [0.1, 0.15) is 11.7 Å². The molecule has 0 unspecified atom stereocenters. The number of nitrogens with zero attached hydrogens (tertiary/aromatic N) is 3. The number of anilines is 1. The van der Waals surface area contributed by atoms with E-state index in [9.17, 15) is 9.59 Å². The molecule has 4 rings (SSSR count). The minimum absolute atomic E-state index is 0.144. The molecule has 0 aliphatic heterocycles. The van der Waals surface area contributed by atoms with E-state index in [0.29, 0.717) is 5.00 Å². The Morgan fingerprint density at radius 2 is 1.91 bits per heavy atom. The van der Waals surface area contributed by atoms with Crippen LogP contribution < -0.4 is 10.2 Å². The third kappa shape index (κ3) is 5.05. The van der Waals surface area contributed by atoms with E-state index in [1.54, 1.807) is 4.90 Å². The van der Waals surface area contributed by atoms with E-state index in [2.05, 4.69) is 22.2 Å². The Morgan fingerprint density at radius 3 is 2.53 bits per heavy atom. The van der Waals surface area contributed by atoms with E-state index < -0.39 is 6.04 Å². The van der Waals surface area contributed by atoms with E-state index in [1.165, 1.54) is 41.9 Å². The Bertz CT molecular complexity index is 1020. The van der Waals surface area contributed by atoms with Crippen molar-refractivity contribution >= 4 is 28.2 Å². The lowest BCUT2D eigenvalue weighted by Crippen LogP contribution is -2.47. The molecular formula is C25H28N4O2S. The van der Waals surface area contributed by atoms with Gasteiger partial charge in [-0.3, -0.25) is 19.5 Å². The summed E-state index contributed by atoms with van der Waals surface area (Å²) in [6.45, 7) is 2.10. The molecule has 32 heavy (non-hydrogen) atoms. The summed E-state index contributed by atoms with van der Waals surface area (Å²) in [5.41, 5.74) is 2.17. The minimum atomic E-state index is -0.795. The van der Waals surface area contributed by atoms with E-state index >= 15 is 0 Å². The molecule has 1 atom stereocenters. The average Bonchev–Trinajstić information content (AvgIpc) is 3.38. The topological polar surface area (TPSA) is 75.2 Å². The van der Waals surface area contributed by atoms with Gasteiger partial charge in [-0.25, -0.2) is 4.98 Å². The van der Waals surface area contributed by atoms with Gasteiger partial charge in [0.05, 0.1) is 11.2 Å². The third-order valence-electron chi connectivity index (χ3n) is 5.91. The van der Waals surface area contributed by atoms with Gasteiger partial charge in [-0.1, -0.05) is 50.5 Å². The summed E-state index contributed by atoms with van der Waals surface area (Å²) in [4.78, 5) is 37.2. The molecule has 1 saturated carbocycles. The molecule has 1 aliphatic rings. The first kappa shape index (κ1) is 22.1. The minimum Gasteiger partial charge on any atom is -0.351 e. The van der Waals surface area contributed by atoms with Gasteiger partial charge in [-0.2, -0.15) is 0 Å². The quantitative estimate of drug-likeness (QED) is 0.556. The summed E-state index contributed by atoms with van der Waals surface area (Å²) in [7, 11) is 0. The molecule has 0 spiro atoms. The summed E-state index contributed by atoms with van der Waals surface area (Å²) in [6, 6.07) is 11.0. The van der Waals surface area contributed by atoms with Crippen LogP contribution in [0.4, 0.5) is 5.00 Å². The number of aromatic nitrogens is 2. The van der Waals surface area contributed by atoms with E-state index in [1.807, 2.05) is 41.8 Å². The number of benzene rings is 1. The molecule has 2 heterocycles. The van der Waals surface area contributed by atoms with Crippen LogP contribution in [0.1, 0.15) is 66.7 Å². The van der Waals surface area contributed by atoms with E-state index in [4.69, 9.17) is 0 Å². The highest BCUT2D eigenvalue weighted by Gasteiger charge is 2.35. The second-order valence-corrected chi connectivity index (χ2v) is 8.98.